The first-order chi connectivity index (χ1) is 12.6. The summed E-state index contributed by atoms with van der Waals surface area (Å²) in [4.78, 5) is 26.4. The van der Waals surface area contributed by atoms with Crippen molar-refractivity contribution in [2.45, 2.75) is 19.8 Å². The van der Waals surface area contributed by atoms with Crippen molar-refractivity contribution < 1.29 is 14.7 Å². The number of benzene rings is 1. The van der Waals surface area contributed by atoms with Crippen LogP contribution in [0.1, 0.15) is 17.5 Å². The van der Waals surface area contributed by atoms with Crippen molar-refractivity contribution in [1.82, 2.24) is 5.32 Å². The third kappa shape index (κ3) is 4.51. The average Bonchev–Trinajstić information content (AvgIpc) is 3.28. The minimum Gasteiger partial charge on any atom is -0.396 e. The van der Waals surface area contributed by atoms with Crippen molar-refractivity contribution >= 4 is 28.8 Å². The van der Waals surface area contributed by atoms with Crippen molar-refractivity contribution in [2.75, 3.05) is 24.6 Å². The second kappa shape index (κ2) is 8.47. The second-order valence-corrected chi connectivity index (χ2v) is 7.65. The van der Waals surface area contributed by atoms with E-state index in [2.05, 4.69) is 10.7 Å². The number of nitrogens with one attached hydrogen (secondary N) is 1. The first kappa shape index (κ1) is 18.6. The Balaban J connectivity index is 1.53. The fourth-order valence-electron chi connectivity index (χ4n) is 3.19. The van der Waals surface area contributed by atoms with E-state index in [4.69, 9.17) is 0 Å². The van der Waals surface area contributed by atoms with Gasteiger partial charge in [0.05, 0.1) is 5.92 Å². The van der Waals surface area contributed by atoms with Crippen LogP contribution in [0.4, 0.5) is 5.69 Å². The number of aliphatic hydroxyl groups excluding tert-OH is 1. The molecule has 138 valence electrons. The van der Waals surface area contributed by atoms with E-state index < -0.39 is 0 Å². The summed E-state index contributed by atoms with van der Waals surface area (Å²) in [5.41, 5.74) is 3.14. The smallest absolute Gasteiger partial charge is 0.227 e. The maximum atomic E-state index is 12.5. The first-order valence-corrected chi connectivity index (χ1v) is 9.77. The topological polar surface area (TPSA) is 69.6 Å². The van der Waals surface area contributed by atoms with E-state index in [0.717, 1.165) is 17.7 Å². The Morgan fingerprint density at radius 2 is 2.12 bits per heavy atom. The molecule has 0 saturated carbocycles. The van der Waals surface area contributed by atoms with Gasteiger partial charge in [-0.15, -0.1) is 0 Å². The molecule has 5 nitrogen and oxygen atoms in total. The third-order valence-corrected chi connectivity index (χ3v) is 5.50. The van der Waals surface area contributed by atoms with Crippen molar-refractivity contribution in [3.63, 3.8) is 0 Å². The molecule has 1 aliphatic rings. The van der Waals surface area contributed by atoms with Crippen LogP contribution >= 0.6 is 11.3 Å². The lowest BCUT2D eigenvalue weighted by molar-refractivity contribution is -0.126. The molecule has 1 aromatic carbocycles. The number of aryl methyl sites for hydroxylation is 1. The fraction of sp³-hybridized carbons (Fsp3) is 0.400. The number of aliphatic hydroxyl groups is 1. The number of rotatable bonds is 7. The number of hydrogen-bond donors (Lipinski definition) is 2. The molecule has 1 fully saturated rings. The van der Waals surface area contributed by atoms with Crippen LogP contribution in [0.15, 0.2) is 41.1 Å². The molecule has 0 radical (unpaired) electrons. The lowest BCUT2D eigenvalue weighted by Gasteiger charge is -2.18. The van der Waals surface area contributed by atoms with Gasteiger partial charge in [0.15, 0.2) is 0 Å². The van der Waals surface area contributed by atoms with Crippen LogP contribution in [0.2, 0.25) is 0 Å². The molecule has 0 bridgehead atoms. The Bertz CT molecular complexity index is 743. The van der Waals surface area contributed by atoms with Gasteiger partial charge in [-0.25, -0.2) is 0 Å². The first-order valence-electron chi connectivity index (χ1n) is 8.83. The molecule has 2 N–H and O–H groups in total. The van der Waals surface area contributed by atoms with Crippen molar-refractivity contribution in [3.8, 4) is 0 Å². The number of hydrogen-bond acceptors (Lipinski definition) is 4. The zero-order chi connectivity index (χ0) is 18.5. The van der Waals surface area contributed by atoms with Gasteiger partial charge in [-0.3, -0.25) is 9.59 Å². The highest BCUT2D eigenvalue weighted by atomic mass is 32.1. The van der Waals surface area contributed by atoms with Crippen LogP contribution in [-0.2, 0) is 16.0 Å². The Kier molecular flexibility index (Phi) is 6.06. The molecule has 2 amide bonds. The molecule has 3 rings (SSSR count). The quantitative estimate of drug-likeness (QED) is 0.784. The van der Waals surface area contributed by atoms with Gasteiger partial charge in [-0.2, -0.15) is 11.3 Å². The number of carbonyl (C=O) groups is 2. The summed E-state index contributed by atoms with van der Waals surface area (Å²) in [5, 5.41) is 16.5. The van der Waals surface area contributed by atoms with E-state index in [9.17, 15) is 14.7 Å². The third-order valence-electron chi connectivity index (χ3n) is 4.77. The van der Waals surface area contributed by atoms with E-state index in [0.29, 0.717) is 13.1 Å². The van der Waals surface area contributed by atoms with Gasteiger partial charge in [0.2, 0.25) is 11.8 Å². The zero-order valence-electron chi connectivity index (χ0n) is 14.9. The average molecular weight is 372 g/mol. The molecule has 0 aliphatic carbocycles. The molecule has 2 heterocycles. The number of thiophene rings is 1. The summed E-state index contributed by atoms with van der Waals surface area (Å²) in [6.07, 6.45) is 0.966. The highest BCUT2D eigenvalue weighted by Gasteiger charge is 2.35. The normalized spacial score (nSPS) is 18.2. The van der Waals surface area contributed by atoms with Crippen molar-refractivity contribution in [1.29, 1.82) is 0 Å². The number of anilines is 1. The minimum atomic E-state index is -0.343. The molecule has 1 saturated heterocycles. The summed E-state index contributed by atoms with van der Waals surface area (Å²) in [7, 11) is 0. The highest BCUT2D eigenvalue weighted by molar-refractivity contribution is 7.07. The van der Waals surface area contributed by atoms with Crippen LogP contribution in [0.3, 0.4) is 0 Å². The zero-order valence-corrected chi connectivity index (χ0v) is 15.7. The Morgan fingerprint density at radius 1 is 1.35 bits per heavy atom. The highest BCUT2D eigenvalue weighted by Crippen LogP contribution is 2.25. The Morgan fingerprint density at radius 3 is 2.77 bits per heavy atom. The fourth-order valence-corrected chi connectivity index (χ4v) is 3.87. The monoisotopic (exact) mass is 372 g/mol. The van der Waals surface area contributed by atoms with Gasteiger partial charge in [-0.05, 0) is 47.9 Å². The maximum Gasteiger partial charge on any atom is 0.227 e. The maximum absolute atomic E-state index is 12.5. The molecule has 0 spiro atoms. The molecule has 1 aliphatic heterocycles. The van der Waals surface area contributed by atoms with Gasteiger partial charge >= 0.3 is 0 Å². The molecule has 26 heavy (non-hydrogen) atoms. The van der Waals surface area contributed by atoms with Crippen LogP contribution in [0.5, 0.6) is 0 Å². The van der Waals surface area contributed by atoms with E-state index in [1.165, 1.54) is 5.56 Å². The van der Waals surface area contributed by atoms with Gasteiger partial charge < -0.3 is 15.3 Å². The van der Waals surface area contributed by atoms with Crippen LogP contribution in [0.25, 0.3) is 0 Å². The van der Waals surface area contributed by atoms with E-state index >= 15 is 0 Å². The minimum absolute atomic E-state index is 0.0149. The standard InChI is InChI=1S/C20H24N2O3S/c1-14-2-4-18(5-3-14)22-11-17(9-19(22)24)20(25)21-10-16(12-23)8-15-6-7-26-13-15/h2-7,13,16-17,23H,8-12H2,1H3,(H,21,25)/t16-,17-/m0/s1. The second-order valence-electron chi connectivity index (χ2n) is 6.87. The van der Waals surface area contributed by atoms with Crippen LogP contribution in [0, 0.1) is 18.8 Å². The molecule has 6 heteroatoms. The molecule has 0 unspecified atom stereocenters. The summed E-state index contributed by atoms with van der Waals surface area (Å²) in [6.45, 7) is 2.84. The molecular weight excluding hydrogens is 348 g/mol. The molecule has 2 aromatic rings. The largest absolute Gasteiger partial charge is 0.396 e. The van der Waals surface area contributed by atoms with E-state index in [1.807, 2.05) is 42.6 Å². The summed E-state index contributed by atoms with van der Waals surface area (Å²) < 4.78 is 0. The molecule has 1 aromatic heterocycles. The van der Waals surface area contributed by atoms with Crippen molar-refractivity contribution in [2.24, 2.45) is 11.8 Å². The molecular formula is C20H24N2O3S. The van der Waals surface area contributed by atoms with Crippen LogP contribution in [-0.4, -0.2) is 36.6 Å². The van der Waals surface area contributed by atoms with Crippen LogP contribution < -0.4 is 10.2 Å². The SMILES string of the molecule is Cc1ccc(N2C[C@@H](C(=O)NC[C@@H](CO)Cc3ccsc3)CC2=O)cc1. The Labute approximate surface area is 157 Å². The summed E-state index contributed by atoms with van der Waals surface area (Å²) >= 11 is 1.62. The number of carbonyl (C=O) groups excluding carboxylic acids is 2. The predicted molar refractivity (Wildman–Crippen MR) is 103 cm³/mol. The van der Waals surface area contributed by atoms with E-state index in [1.54, 1.807) is 16.2 Å². The lowest BCUT2D eigenvalue weighted by Crippen LogP contribution is -2.37. The number of nitrogens with zero attached hydrogens (tertiary/aromatic N) is 1. The van der Waals surface area contributed by atoms with Gasteiger partial charge in [0.25, 0.3) is 0 Å². The van der Waals surface area contributed by atoms with Gasteiger partial charge in [0, 0.05) is 37.7 Å². The van der Waals surface area contributed by atoms with Gasteiger partial charge in [-0.1, -0.05) is 17.7 Å². The number of amides is 2. The van der Waals surface area contributed by atoms with Crippen molar-refractivity contribution in [3.05, 3.63) is 52.2 Å². The molecule has 2 atom stereocenters. The summed E-state index contributed by atoms with van der Waals surface area (Å²) in [5.74, 6) is -0.495. The van der Waals surface area contributed by atoms with Gasteiger partial charge in [0.1, 0.15) is 0 Å². The lowest BCUT2D eigenvalue weighted by atomic mass is 10.0. The Hall–Kier alpha value is -2.18. The summed E-state index contributed by atoms with van der Waals surface area (Å²) in [6, 6.07) is 9.79. The van der Waals surface area contributed by atoms with E-state index in [-0.39, 0.29) is 36.7 Å². The predicted octanol–water partition coefficient (Wildman–Crippen LogP) is 2.38.